The molecule has 0 N–H and O–H groups in total. The lowest BCUT2D eigenvalue weighted by Crippen LogP contribution is -2.29. The summed E-state index contributed by atoms with van der Waals surface area (Å²) in [5.74, 6) is 0.404. The molecule has 0 fully saturated rings. The fourth-order valence-electron chi connectivity index (χ4n) is 2.63. The molecular weight excluding hydrogens is 322 g/mol. The van der Waals surface area contributed by atoms with Gasteiger partial charge in [-0.2, -0.15) is 4.98 Å². The van der Waals surface area contributed by atoms with E-state index in [9.17, 15) is 9.59 Å². The fourth-order valence-corrected chi connectivity index (χ4v) is 2.63. The minimum Gasteiger partial charge on any atom is -0.484 e. The molecule has 7 nitrogen and oxygen atoms in total. The number of imide groups is 1. The van der Waals surface area contributed by atoms with Crippen molar-refractivity contribution in [2.75, 3.05) is 0 Å². The summed E-state index contributed by atoms with van der Waals surface area (Å²) in [5, 5.41) is 3.38. The molecule has 0 atom stereocenters. The third kappa shape index (κ3) is 2.87. The van der Waals surface area contributed by atoms with Crippen LogP contribution in [0.25, 0.3) is 0 Å². The summed E-state index contributed by atoms with van der Waals surface area (Å²) in [6, 6.07) is 14.0. The summed E-state index contributed by atoms with van der Waals surface area (Å²) < 4.78 is 10.3. The predicted molar refractivity (Wildman–Crippen MR) is 84.6 cm³/mol. The molecule has 123 valence electrons. The molecular formula is C18H12N3O4. The second-order valence-corrected chi connectivity index (χ2v) is 5.46. The number of hydrogen-bond donors (Lipinski definition) is 0. The van der Waals surface area contributed by atoms with E-state index in [2.05, 4.69) is 16.5 Å². The first-order valence-corrected chi connectivity index (χ1v) is 7.58. The van der Waals surface area contributed by atoms with Crippen LogP contribution in [0.4, 0.5) is 0 Å². The largest absolute Gasteiger partial charge is 0.484 e. The van der Waals surface area contributed by atoms with Gasteiger partial charge in [-0.05, 0) is 29.8 Å². The van der Waals surface area contributed by atoms with Gasteiger partial charge in [0.2, 0.25) is 6.33 Å². The van der Waals surface area contributed by atoms with Crippen LogP contribution in [-0.4, -0.2) is 26.9 Å². The van der Waals surface area contributed by atoms with Crippen molar-refractivity contribution in [3.8, 4) is 5.75 Å². The first-order valence-electron chi connectivity index (χ1n) is 7.58. The van der Waals surface area contributed by atoms with Gasteiger partial charge in [0.05, 0.1) is 17.7 Å². The quantitative estimate of drug-likeness (QED) is 0.665. The number of carbonyl (C=O) groups is 2. The summed E-state index contributed by atoms with van der Waals surface area (Å²) in [7, 11) is 0. The molecule has 0 unspecified atom stereocenters. The Morgan fingerprint density at radius 2 is 1.68 bits per heavy atom. The first-order chi connectivity index (χ1) is 12.2. The summed E-state index contributed by atoms with van der Waals surface area (Å²) in [4.78, 5) is 29.7. The Morgan fingerprint density at radius 1 is 1.00 bits per heavy atom. The maximum absolute atomic E-state index is 12.4. The zero-order valence-corrected chi connectivity index (χ0v) is 13.0. The summed E-state index contributed by atoms with van der Waals surface area (Å²) in [6.07, 6.45) is 2.32. The maximum Gasteiger partial charge on any atom is 0.264 e. The van der Waals surface area contributed by atoms with Gasteiger partial charge in [0, 0.05) is 0 Å². The van der Waals surface area contributed by atoms with Gasteiger partial charge in [-0.15, -0.1) is 0 Å². The lowest BCUT2D eigenvalue weighted by atomic mass is 10.1. The molecule has 0 aliphatic carbocycles. The van der Waals surface area contributed by atoms with E-state index in [0.717, 1.165) is 5.56 Å². The maximum atomic E-state index is 12.4. The van der Waals surface area contributed by atoms with Crippen molar-refractivity contribution < 1.29 is 18.8 Å². The zero-order chi connectivity index (χ0) is 17.2. The Kier molecular flexibility index (Phi) is 3.74. The number of amides is 2. The van der Waals surface area contributed by atoms with Gasteiger partial charge < -0.3 is 9.26 Å². The Bertz CT molecular complexity index is 885. The van der Waals surface area contributed by atoms with Gasteiger partial charge in [-0.25, -0.2) is 0 Å². The fraction of sp³-hybridized carbons (Fsp3) is 0.111. The SMILES string of the molecule is O=C1c2ccccc2C(=O)N1Cc1ccc(OCc2n[c]no2)cc1. The lowest BCUT2D eigenvalue weighted by molar-refractivity contribution is 0.0642. The highest BCUT2D eigenvalue weighted by molar-refractivity contribution is 6.21. The van der Waals surface area contributed by atoms with Crippen LogP contribution in [-0.2, 0) is 13.2 Å². The van der Waals surface area contributed by atoms with E-state index in [1.54, 1.807) is 48.5 Å². The number of aromatic nitrogens is 2. The molecule has 1 aromatic heterocycles. The standard InChI is InChI=1S/C18H12N3O4/c22-17-14-3-1-2-4-15(14)18(23)21(17)9-12-5-7-13(8-6-12)24-10-16-19-11-20-25-16/h1-8H,9-10H2. The molecule has 1 aliphatic heterocycles. The van der Waals surface area contributed by atoms with Crippen molar-refractivity contribution in [3.05, 3.63) is 77.4 Å². The number of nitrogens with zero attached hydrogens (tertiary/aromatic N) is 3. The van der Waals surface area contributed by atoms with E-state index in [-0.39, 0.29) is 25.0 Å². The third-order valence-electron chi connectivity index (χ3n) is 3.87. The highest BCUT2D eigenvalue weighted by Crippen LogP contribution is 2.24. The van der Waals surface area contributed by atoms with E-state index in [1.165, 1.54) is 4.90 Å². The van der Waals surface area contributed by atoms with Crippen molar-refractivity contribution in [1.82, 2.24) is 15.0 Å². The van der Waals surface area contributed by atoms with E-state index in [1.807, 2.05) is 0 Å². The van der Waals surface area contributed by atoms with E-state index < -0.39 is 0 Å². The Labute approximate surface area is 142 Å². The van der Waals surface area contributed by atoms with Gasteiger partial charge in [0.1, 0.15) is 5.75 Å². The third-order valence-corrected chi connectivity index (χ3v) is 3.87. The summed E-state index contributed by atoms with van der Waals surface area (Å²) in [5.41, 5.74) is 1.72. The van der Waals surface area contributed by atoms with Crippen LogP contribution in [0.5, 0.6) is 5.75 Å². The van der Waals surface area contributed by atoms with Crippen LogP contribution >= 0.6 is 0 Å². The smallest absolute Gasteiger partial charge is 0.264 e. The number of ether oxygens (including phenoxy) is 1. The number of hydrogen-bond acceptors (Lipinski definition) is 6. The Morgan fingerprint density at radius 3 is 2.28 bits per heavy atom. The number of benzene rings is 2. The highest BCUT2D eigenvalue weighted by atomic mass is 16.5. The topological polar surface area (TPSA) is 85.5 Å². The molecule has 25 heavy (non-hydrogen) atoms. The van der Waals surface area contributed by atoms with E-state index in [4.69, 9.17) is 9.26 Å². The summed E-state index contributed by atoms with van der Waals surface area (Å²) in [6.45, 7) is 0.361. The number of carbonyl (C=O) groups excluding carboxylic acids is 2. The molecule has 7 heteroatoms. The molecule has 3 aromatic rings. The van der Waals surface area contributed by atoms with Crippen LogP contribution in [0, 0.1) is 6.33 Å². The van der Waals surface area contributed by atoms with Crippen molar-refractivity contribution >= 4 is 11.8 Å². The van der Waals surface area contributed by atoms with Crippen LogP contribution in [0.1, 0.15) is 32.2 Å². The van der Waals surface area contributed by atoms with Gasteiger partial charge in [-0.3, -0.25) is 14.5 Å². The molecule has 4 rings (SSSR count). The second kappa shape index (κ2) is 6.20. The van der Waals surface area contributed by atoms with Crippen LogP contribution in [0.15, 0.2) is 53.1 Å². The van der Waals surface area contributed by atoms with Crippen LogP contribution in [0.2, 0.25) is 0 Å². The van der Waals surface area contributed by atoms with Crippen molar-refractivity contribution in [2.24, 2.45) is 0 Å². The van der Waals surface area contributed by atoms with Crippen LogP contribution < -0.4 is 4.74 Å². The molecule has 0 saturated carbocycles. The van der Waals surface area contributed by atoms with Gasteiger partial charge in [0.15, 0.2) is 6.61 Å². The minimum absolute atomic E-state index is 0.147. The Balaban J connectivity index is 1.43. The minimum atomic E-state index is -0.270. The zero-order valence-electron chi connectivity index (χ0n) is 13.0. The van der Waals surface area contributed by atoms with E-state index in [0.29, 0.717) is 22.8 Å². The normalized spacial score (nSPS) is 13.2. The molecule has 2 amide bonds. The first kappa shape index (κ1) is 15.1. The average Bonchev–Trinajstić information content (AvgIpc) is 3.25. The number of fused-ring (bicyclic) bond motifs is 1. The van der Waals surface area contributed by atoms with Crippen molar-refractivity contribution in [3.63, 3.8) is 0 Å². The Hall–Kier alpha value is -3.48. The predicted octanol–water partition coefficient (Wildman–Crippen LogP) is 2.24. The molecule has 0 bridgehead atoms. The molecule has 0 saturated heterocycles. The molecule has 1 radical (unpaired) electrons. The second-order valence-electron chi connectivity index (χ2n) is 5.46. The number of rotatable bonds is 5. The monoisotopic (exact) mass is 334 g/mol. The van der Waals surface area contributed by atoms with E-state index >= 15 is 0 Å². The van der Waals surface area contributed by atoms with Crippen molar-refractivity contribution in [1.29, 1.82) is 0 Å². The summed E-state index contributed by atoms with van der Waals surface area (Å²) >= 11 is 0. The molecule has 2 heterocycles. The van der Waals surface area contributed by atoms with Gasteiger partial charge in [-0.1, -0.05) is 29.4 Å². The molecule has 1 aliphatic rings. The lowest BCUT2D eigenvalue weighted by Gasteiger charge is -2.14. The average molecular weight is 334 g/mol. The van der Waals surface area contributed by atoms with Gasteiger partial charge in [0.25, 0.3) is 17.7 Å². The molecule has 2 aromatic carbocycles. The van der Waals surface area contributed by atoms with Gasteiger partial charge >= 0.3 is 0 Å². The van der Waals surface area contributed by atoms with Crippen molar-refractivity contribution in [2.45, 2.75) is 13.2 Å². The highest BCUT2D eigenvalue weighted by Gasteiger charge is 2.34. The molecule has 0 spiro atoms. The van der Waals surface area contributed by atoms with Crippen LogP contribution in [0.3, 0.4) is 0 Å².